The Morgan fingerprint density at radius 2 is 2.33 bits per heavy atom. The van der Waals surface area contributed by atoms with Crippen LogP contribution in [0.3, 0.4) is 0 Å². The SMILES string of the molecule is CCC1CCc2[nH]c(C3CCNC3)nc21. The zero-order valence-corrected chi connectivity index (χ0v) is 9.34. The van der Waals surface area contributed by atoms with Gasteiger partial charge in [-0.2, -0.15) is 0 Å². The summed E-state index contributed by atoms with van der Waals surface area (Å²) in [6.45, 7) is 4.52. The van der Waals surface area contributed by atoms with E-state index in [0.717, 1.165) is 19.0 Å². The maximum atomic E-state index is 4.83. The highest BCUT2D eigenvalue weighted by atomic mass is 15.0. The molecule has 0 bridgehead atoms. The molecular formula is C12H19N3. The van der Waals surface area contributed by atoms with E-state index >= 15 is 0 Å². The van der Waals surface area contributed by atoms with E-state index < -0.39 is 0 Å². The molecule has 15 heavy (non-hydrogen) atoms. The Morgan fingerprint density at radius 3 is 3.07 bits per heavy atom. The van der Waals surface area contributed by atoms with Crippen molar-refractivity contribution in [3.63, 3.8) is 0 Å². The van der Waals surface area contributed by atoms with Gasteiger partial charge in [0.1, 0.15) is 5.82 Å². The fourth-order valence-electron chi connectivity index (χ4n) is 2.91. The van der Waals surface area contributed by atoms with Gasteiger partial charge in [0.25, 0.3) is 0 Å². The normalized spacial score (nSPS) is 29.7. The molecule has 0 saturated carbocycles. The highest BCUT2D eigenvalue weighted by Gasteiger charge is 2.28. The lowest BCUT2D eigenvalue weighted by Crippen LogP contribution is -2.09. The van der Waals surface area contributed by atoms with Gasteiger partial charge < -0.3 is 10.3 Å². The highest BCUT2D eigenvalue weighted by Crippen LogP contribution is 2.35. The Kier molecular flexibility index (Phi) is 2.28. The molecule has 2 aliphatic rings. The molecular weight excluding hydrogens is 186 g/mol. The molecule has 1 saturated heterocycles. The first-order valence-electron chi connectivity index (χ1n) is 6.18. The van der Waals surface area contributed by atoms with E-state index in [1.54, 1.807) is 0 Å². The molecule has 82 valence electrons. The van der Waals surface area contributed by atoms with Gasteiger partial charge in [0.05, 0.1) is 5.69 Å². The van der Waals surface area contributed by atoms with Crippen molar-refractivity contribution in [2.75, 3.05) is 13.1 Å². The summed E-state index contributed by atoms with van der Waals surface area (Å²) in [4.78, 5) is 8.38. The van der Waals surface area contributed by atoms with Crippen LogP contribution < -0.4 is 5.32 Å². The van der Waals surface area contributed by atoms with E-state index in [2.05, 4.69) is 17.2 Å². The summed E-state index contributed by atoms with van der Waals surface area (Å²) in [6.07, 6.45) is 4.98. The second-order valence-electron chi connectivity index (χ2n) is 4.82. The first-order chi connectivity index (χ1) is 7.38. The summed E-state index contributed by atoms with van der Waals surface area (Å²) in [6, 6.07) is 0. The Hall–Kier alpha value is -0.830. The molecule has 2 unspecified atom stereocenters. The van der Waals surface area contributed by atoms with Gasteiger partial charge in [-0.3, -0.25) is 0 Å². The second kappa shape index (κ2) is 3.63. The third kappa shape index (κ3) is 1.49. The van der Waals surface area contributed by atoms with Crippen molar-refractivity contribution in [2.24, 2.45) is 0 Å². The van der Waals surface area contributed by atoms with Crippen LogP contribution in [0.25, 0.3) is 0 Å². The number of H-pyrrole nitrogens is 1. The lowest BCUT2D eigenvalue weighted by molar-refractivity contribution is 0.625. The number of nitrogens with zero attached hydrogens (tertiary/aromatic N) is 1. The van der Waals surface area contributed by atoms with Gasteiger partial charge in [0, 0.05) is 24.1 Å². The summed E-state index contributed by atoms with van der Waals surface area (Å²) < 4.78 is 0. The topological polar surface area (TPSA) is 40.7 Å². The minimum atomic E-state index is 0.633. The molecule has 1 aliphatic heterocycles. The van der Waals surface area contributed by atoms with Gasteiger partial charge in [0.15, 0.2) is 0 Å². The van der Waals surface area contributed by atoms with Gasteiger partial charge >= 0.3 is 0 Å². The first kappa shape index (κ1) is 9.40. The summed E-state index contributed by atoms with van der Waals surface area (Å²) in [5.41, 5.74) is 2.79. The quantitative estimate of drug-likeness (QED) is 0.774. The fourth-order valence-corrected chi connectivity index (χ4v) is 2.91. The van der Waals surface area contributed by atoms with Crippen LogP contribution in [0, 0.1) is 0 Å². The van der Waals surface area contributed by atoms with E-state index in [1.165, 1.54) is 42.9 Å². The van der Waals surface area contributed by atoms with Gasteiger partial charge in [-0.1, -0.05) is 6.92 Å². The zero-order valence-electron chi connectivity index (χ0n) is 9.34. The Bertz CT molecular complexity index is 350. The smallest absolute Gasteiger partial charge is 0.111 e. The Morgan fingerprint density at radius 1 is 1.40 bits per heavy atom. The third-order valence-electron chi connectivity index (χ3n) is 3.90. The third-order valence-corrected chi connectivity index (χ3v) is 3.90. The number of aryl methyl sites for hydroxylation is 1. The largest absolute Gasteiger partial charge is 0.345 e. The lowest BCUT2D eigenvalue weighted by atomic mass is 10.0. The molecule has 1 aliphatic carbocycles. The summed E-state index contributed by atoms with van der Waals surface area (Å²) in [5, 5.41) is 3.40. The zero-order chi connectivity index (χ0) is 10.3. The molecule has 0 radical (unpaired) electrons. The van der Waals surface area contributed by atoms with Crippen LogP contribution in [0.1, 0.15) is 55.2 Å². The van der Waals surface area contributed by atoms with Crippen LogP contribution in [0.2, 0.25) is 0 Å². The van der Waals surface area contributed by atoms with Crippen molar-refractivity contribution < 1.29 is 0 Å². The predicted octanol–water partition coefficient (Wildman–Crippen LogP) is 1.93. The standard InChI is InChI=1S/C12H19N3/c1-2-8-3-4-10-11(8)15-12(14-10)9-5-6-13-7-9/h8-9,13H,2-7H2,1H3,(H,14,15). The minimum Gasteiger partial charge on any atom is -0.345 e. The van der Waals surface area contributed by atoms with Crippen molar-refractivity contribution in [1.82, 2.24) is 15.3 Å². The Balaban J connectivity index is 1.87. The predicted molar refractivity (Wildman–Crippen MR) is 60.2 cm³/mol. The van der Waals surface area contributed by atoms with Crippen LogP contribution in [0.15, 0.2) is 0 Å². The average molecular weight is 205 g/mol. The number of hydrogen-bond acceptors (Lipinski definition) is 2. The van der Waals surface area contributed by atoms with Gasteiger partial charge in [-0.15, -0.1) is 0 Å². The van der Waals surface area contributed by atoms with Crippen LogP contribution in [-0.2, 0) is 6.42 Å². The molecule has 0 aromatic carbocycles. The van der Waals surface area contributed by atoms with Gasteiger partial charge in [-0.05, 0) is 32.2 Å². The maximum absolute atomic E-state index is 4.83. The molecule has 1 aromatic rings. The summed E-state index contributed by atoms with van der Waals surface area (Å²) in [7, 11) is 0. The van der Waals surface area contributed by atoms with Crippen LogP contribution in [0.4, 0.5) is 0 Å². The van der Waals surface area contributed by atoms with Crippen LogP contribution in [0.5, 0.6) is 0 Å². The number of aromatic nitrogens is 2. The number of aromatic amines is 1. The van der Waals surface area contributed by atoms with Crippen LogP contribution in [-0.4, -0.2) is 23.1 Å². The fraction of sp³-hybridized carbons (Fsp3) is 0.750. The minimum absolute atomic E-state index is 0.633. The lowest BCUT2D eigenvalue weighted by Gasteiger charge is -2.06. The van der Waals surface area contributed by atoms with E-state index in [0.29, 0.717) is 5.92 Å². The monoisotopic (exact) mass is 205 g/mol. The molecule has 3 heteroatoms. The van der Waals surface area contributed by atoms with Gasteiger partial charge in [-0.25, -0.2) is 4.98 Å². The second-order valence-corrected chi connectivity index (χ2v) is 4.82. The number of fused-ring (bicyclic) bond motifs is 1. The van der Waals surface area contributed by atoms with Crippen molar-refractivity contribution in [2.45, 2.75) is 44.4 Å². The molecule has 1 aromatic heterocycles. The molecule has 0 spiro atoms. The van der Waals surface area contributed by atoms with Crippen molar-refractivity contribution >= 4 is 0 Å². The molecule has 2 N–H and O–H groups in total. The summed E-state index contributed by atoms with van der Waals surface area (Å²) in [5.74, 6) is 2.59. The van der Waals surface area contributed by atoms with Gasteiger partial charge in [0.2, 0.25) is 0 Å². The van der Waals surface area contributed by atoms with E-state index in [1.807, 2.05) is 0 Å². The molecule has 3 nitrogen and oxygen atoms in total. The number of imidazole rings is 1. The molecule has 3 rings (SSSR count). The number of hydrogen-bond donors (Lipinski definition) is 2. The van der Waals surface area contributed by atoms with Crippen molar-refractivity contribution in [3.8, 4) is 0 Å². The highest BCUT2D eigenvalue weighted by molar-refractivity contribution is 5.26. The number of nitrogens with one attached hydrogen (secondary N) is 2. The molecule has 1 fully saturated rings. The molecule has 2 atom stereocenters. The van der Waals surface area contributed by atoms with E-state index in [9.17, 15) is 0 Å². The number of rotatable bonds is 2. The van der Waals surface area contributed by atoms with Crippen molar-refractivity contribution in [1.29, 1.82) is 0 Å². The van der Waals surface area contributed by atoms with E-state index in [4.69, 9.17) is 4.98 Å². The Labute approximate surface area is 90.7 Å². The molecule has 2 heterocycles. The van der Waals surface area contributed by atoms with Crippen LogP contribution >= 0.6 is 0 Å². The first-order valence-corrected chi connectivity index (χ1v) is 6.18. The van der Waals surface area contributed by atoms with Crippen molar-refractivity contribution in [3.05, 3.63) is 17.2 Å². The summed E-state index contributed by atoms with van der Waals surface area (Å²) >= 11 is 0. The maximum Gasteiger partial charge on any atom is 0.111 e. The van der Waals surface area contributed by atoms with E-state index in [-0.39, 0.29) is 0 Å². The average Bonchev–Trinajstić information content (AvgIpc) is 2.93. The molecule has 0 amide bonds.